The van der Waals surface area contributed by atoms with E-state index in [1.165, 1.54) is 5.56 Å². The van der Waals surface area contributed by atoms with E-state index in [0.717, 1.165) is 24.7 Å². The Hall–Kier alpha value is -1.70. The van der Waals surface area contributed by atoms with Gasteiger partial charge in [0.2, 0.25) is 0 Å². The maximum atomic E-state index is 10.5. The second kappa shape index (κ2) is 4.69. The number of nitrogens with zero attached hydrogens (tertiary/aromatic N) is 1. The molecule has 0 aliphatic carbocycles. The summed E-state index contributed by atoms with van der Waals surface area (Å²) in [5, 5.41) is 0. The molecule has 0 spiro atoms. The van der Waals surface area contributed by atoms with Crippen LogP contribution in [-0.4, -0.2) is 12.5 Å². The molecule has 2 rings (SSSR count). The predicted octanol–water partition coefficient (Wildman–Crippen LogP) is 2.65. The van der Waals surface area contributed by atoms with Crippen molar-refractivity contribution in [3.63, 3.8) is 0 Å². The Balaban J connectivity index is 2.01. The van der Waals surface area contributed by atoms with Gasteiger partial charge in [0.05, 0.1) is 0 Å². The number of rotatable bonds is 3. The van der Waals surface area contributed by atoms with Gasteiger partial charge < -0.3 is 0 Å². The largest absolute Gasteiger partial charge is 0.298 e. The third-order valence-electron chi connectivity index (χ3n) is 2.54. The number of carbonyl (C=O) groups excluding carboxylic acids is 1. The van der Waals surface area contributed by atoms with Gasteiger partial charge in [0.15, 0.2) is 0 Å². The smallest absolute Gasteiger partial charge is 0.150 e. The summed E-state index contributed by atoms with van der Waals surface area (Å²) in [5.41, 5.74) is 1.99. The molecule has 1 aliphatic heterocycles. The van der Waals surface area contributed by atoms with Crippen LogP contribution in [0.15, 0.2) is 41.5 Å². The first kappa shape index (κ1) is 9.84. The molecule has 0 N–H and O–H groups in total. The van der Waals surface area contributed by atoms with E-state index in [4.69, 9.17) is 0 Å². The molecule has 1 aliphatic rings. The second-order valence-electron chi connectivity index (χ2n) is 3.74. The minimum absolute atomic E-state index is 0.497. The van der Waals surface area contributed by atoms with Gasteiger partial charge in [-0.3, -0.25) is 9.79 Å². The number of allylic oxidation sites excluding steroid dienone is 1. The van der Waals surface area contributed by atoms with Crippen LogP contribution in [0.4, 0.5) is 0 Å². The van der Waals surface area contributed by atoms with Gasteiger partial charge in [-0.15, -0.1) is 0 Å². The van der Waals surface area contributed by atoms with Crippen molar-refractivity contribution in [2.45, 2.75) is 12.8 Å². The van der Waals surface area contributed by atoms with E-state index in [0.29, 0.717) is 5.92 Å². The van der Waals surface area contributed by atoms with Crippen molar-refractivity contribution < 1.29 is 4.79 Å². The lowest BCUT2D eigenvalue weighted by atomic mass is 9.96. The molecule has 15 heavy (non-hydrogen) atoms. The second-order valence-corrected chi connectivity index (χ2v) is 3.74. The summed E-state index contributed by atoms with van der Waals surface area (Å²) in [6, 6.07) is 7.74. The fourth-order valence-corrected chi connectivity index (χ4v) is 1.70. The average molecular weight is 199 g/mol. The van der Waals surface area contributed by atoms with Gasteiger partial charge in [-0.25, -0.2) is 0 Å². The lowest BCUT2D eigenvalue weighted by molar-refractivity contribution is 0.112. The van der Waals surface area contributed by atoms with Crippen molar-refractivity contribution in [2.24, 2.45) is 10.9 Å². The fourth-order valence-electron chi connectivity index (χ4n) is 1.70. The molecule has 1 atom stereocenters. The highest BCUT2D eigenvalue weighted by Gasteiger charge is 2.07. The van der Waals surface area contributed by atoms with Crippen LogP contribution >= 0.6 is 0 Å². The van der Waals surface area contributed by atoms with Crippen molar-refractivity contribution in [2.75, 3.05) is 0 Å². The summed E-state index contributed by atoms with van der Waals surface area (Å²) in [4.78, 5) is 14.6. The highest BCUT2D eigenvalue weighted by Crippen LogP contribution is 2.14. The first-order valence-corrected chi connectivity index (χ1v) is 5.11. The van der Waals surface area contributed by atoms with Gasteiger partial charge in [-0.1, -0.05) is 30.3 Å². The van der Waals surface area contributed by atoms with Crippen molar-refractivity contribution in [3.8, 4) is 0 Å². The zero-order valence-corrected chi connectivity index (χ0v) is 8.47. The van der Waals surface area contributed by atoms with Crippen LogP contribution in [0, 0.1) is 5.92 Å². The topological polar surface area (TPSA) is 29.4 Å². The molecule has 1 heterocycles. The van der Waals surface area contributed by atoms with Gasteiger partial charge in [-0.05, 0) is 18.4 Å². The van der Waals surface area contributed by atoms with Gasteiger partial charge in [-0.2, -0.15) is 0 Å². The molecular formula is C13H13NO. The van der Waals surface area contributed by atoms with Gasteiger partial charge in [0.25, 0.3) is 0 Å². The SMILES string of the molecule is O=Cc1ccc(CC2C=NC=CC2)cc1. The molecule has 1 aromatic rings. The maximum absolute atomic E-state index is 10.5. The highest BCUT2D eigenvalue weighted by atomic mass is 16.1. The van der Waals surface area contributed by atoms with Crippen molar-refractivity contribution in [1.82, 2.24) is 0 Å². The van der Waals surface area contributed by atoms with Crippen molar-refractivity contribution in [3.05, 3.63) is 47.7 Å². The summed E-state index contributed by atoms with van der Waals surface area (Å²) in [5.74, 6) is 0.497. The molecular weight excluding hydrogens is 186 g/mol. The fraction of sp³-hybridized carbons (Fsp3) is 0.231. The molecule has 0 aromatic heterocycles. The van der Waals surface area contributed by atoms with E-state index in [9.17, 15) is 4.79 Å². The van der Waals surface area contributed by atoms with Crippen LogP contribution in [-0.2, 0) is 6.42 Å². The third-order valence-corrected chi connectivity index (χ3v) is 2.54. The van der Waals surface area contributed by atoms with Gasteiger partial charge in [0, 0.05) is 23.9 Å². The average Bonchev–Trinajstić information content (AvgIpc) is 2.31. The summed E-state index contributed by atoms with van der Waals surface area (Å²) < 4.78 is 0. The number of aldehydes is 1. The van der Waals surface area contributed by atoms with E-state index >= 15 is 0 Å². The first-order chi connectivity index (χ1) is 7.38. The van der Waals surface area contributed by atoms with Crippen LogP contribution in [0.1, 0.15) is 22.3 Å². The highest BCUT2D eigenvalue weighted by molar-refractivity contribution is 5.74. The third kappa shape index (κ3) is 2.62. The molecule has 0 bridgehead atoms. The summed E-state index contributed by atoms with van der Waals surface area (Å²) in [6.07, 6.45) is 8.84. The Morgan fingerprint density at radius 1 is 1.33 bits per heavy atom. The zero-order valence-electron chi connectivity index (χ0n) is 8.47. The molecule has 0 saturated heterocycles. The Labute approximate surface area is 89.3 Å². The normalized spacial score (nSPS) is 19.1. The van der Waals surface area contributed by atoms with Crippen LogP contribution in [0.3, 0.4) is 0 Å². The monoisotopic (exact) mass is 199 g/mol. The van der Waals surface area contributed by atoms with E-state index in [1.807, 2.05) is 36.7 Å². The standard InChI is InChI=1S/C13H13NO/c15-10-12-5-3-11(4-6-12)8-13-2-1-7-14-9-13/h1,3-7,9-10,13H,2,8H2. The molecule has 1 unspecified atom stereocenters. The van der Waals surface area contributed by atoms with Crippen molar-refractivity contribution >= 4 is 12.5 Å². The van der Waals surface area contributed by atoms with Gasteiger partial charge >= 0.3 is 0 Å². The summed E-state index contributed by atoms with van der Waals surface area (Å²) in [7, 11) is 0. The first-order valence-electron chi connectivity index (χ1n) is 5.11. The Kier molecular flexibility index (Phi) is 3.08. The molecule has 1 aromatic carbocycles. The van der Waals surface area contributed by atoms with E-state index in [2.05, 4.69) is 11.1 Å². The van der Waals surface area contributed by atoms with Gasteiger partial charge in [0.1, 0.15) is 6.29 Å². The molecule has 0 saturated carbocycles. The Morgan fingerprint density at radius 2 is 2.13 bits per heavy atom. The number of hydrogen-bond donors (Lipinski definition) is 0. The quantitative estimate of drug-likeness (QED) is 0.688. The van der Waals surface area contributed by atoms with Crippen molar-refractivity contribution in [1.29, 1.82) is 0 Å². The molecule has 0 radical (unpaired) electrons. The van der Waals surface area contributed by atoms with Crippen LogP contribution in [0.2, 0.25) is 0 Å². The lowest BCUT2D eigenvalue weighted by Crippen LogP contribution is -2.07. The minimum Gasteiger partial charge on any atom is -0.298 e. The molecule has 76 valence electrons. The van der Waals surface area contributed by atoms with Crippen LogP contribution in [0.25, 0.3) is 0 Å². The van der Waals surface area contributed by atoms with E-state index < -0.39 is 0 Å². The maximum Gasteiger partial charge on any atom is 0.150 e. The number of carbonyl (C=O) groups is 1. The number of benzene rings is 1. The number of aliphatic imine (C=N–C) groups is 1. The van der Waals surface area contributed by atoms with E-state index in [-0.39, 0.29) is 0 Å². The Morgan fingerprint density at radius 3 is 2.73 bits per heavy atom. The molecule has 0 amide bonds. The molecule has 2 nitrogen and oxygen atoms in total. The van der Waals surface area contributed by atoms with Crippen LogP contribution < -0.4 is 0 Å². The summed E-state index contributed by atoms with van der Waals surface area (Å²) >= 11 is 0. The molecule has 0 fully saturated rings. The molecule has 2 heteroatoms. The minimum atomic E-state index is 0.497. The number of hydrogen-bond acceptors (Lipinski definition) is 2. The van der Waals surface area contributed by atoms with E-state index in [1.54, 1.807) is 0 Å². The summed E-state index contributed by atoms with van der Waals surface area (Å²) in [6.45, 7) is 0. The predicted molar refractivity (Wildman–Crippen MR) is 61.3 cm³/mol. The lowest BCUT2D eigenvalue weighted by Gasteiger charge is -2.11. The zero-order chi connectivity index (χ0) is 10.5. The van der Waals surface area contributed by atoms with Crippen LogP contribution in [0.5, 0.6) is 0 Å². The Bertz CT molecular complexity index is 390.